The number of hydrogen-bond acceptors (Lipinski definition) is 3. The minimum Gasteiger partial charge on any atom is -0.465 e. The molecule has 0 unspecified atom stereocenters. The molecule has 0 aromatic carbocycles. The number of nitrogens with zero attached hydrogens (tertiary/aromatic N) is 1. The minimum absolute atomic E-state index is 0.0694. The normalized spacial score (nSPS) is 11.5. The maximum atomic E-state index is 10.1. The van der Waals surface area contributed by atoms with Crippen LogP contribution in [0.1, 0.15) is 12.7 Å². The summed E-state index contributed by atoms with van der Waals surface area (Å²) in [6.45, 7) is 1.42. The zero-order valence-corrected chi connectivity index (χ0v) is 5.98. The second-order valence-electron chi connectivity index (χ2n) is 2.06. The van der Waals surface area contributed by atoms with Crippen molar-refractivity contribution in [3.8, 4) is 0 Å². The van der Waals surface area contributed by atoms with E-state index in [0.29, 0.717) is 5.76 Å². The fourth-order valence-electron chi connectivity index (χ4n) is 0.632. The van der Waals surface area contributed by atoms with Gasteiger partial charge in [-0.25, -0.2) is 0 Å². The number of nitro groups is 1. The minimum atomic E-state index is -0.456. The van der Waals surface area contributed by atoms with Crippen LogP contribution in [-0.2, 0) is 0 Å². The molecule has 0 saturated carbocycles. The van der Waals surface area contributed by atoms with Gasteiger partial charge in [-0.15, -0.1) is 0 Å². The molecule has 0 N–H and O–H groups in total. The second kappa shape index (κ2) is 3.01. The van der Waals surface area contributed by atoms with Gasteiger partial charge in [-0.1, -0.05) is 0 Å². The molecule has 0 saturated heterocycles. The third-order valence-electron chi connectivity index (χ3n) is 1.18. The molecule has 0 bridgehead atoms. The van der Waals surface area contributed by atoms with Crippen LogP contribution in [0.4, 0.5) is 0 Å². The Kier molecular flexibility index (Phi) is 2.06. The fourth-order valence-corrected chi connectivity index (χ4v) is 0.632. The lowest BCUT2D eigenvalue weighted by atomic mass is 10.4. The smallest absolute Gasteiger partial charge is 0.246 e. The first-order chi connectivity index (χ1) is 5.20. The molecule has 4 heteroatoms. The lowest BCUT2D eigenvalue weighted by molar-refractivity contribution is -0.422. The predicted molar refractivity (Wildman–Crippen MR) is 39.4 cm³/mol. The topological polar surface area (TPSA) is 56.3 Å². The first-order valence-electron chi connectivity index (χ1n) is 3.06. The van der Waals surface area contributed by atoms with Crippen molar-refractivity contribution in [3.05, 3.63) is 40.0 Å². The molecule has 1 aromatic rings. The van der Waals surface area contributed by atoms with E-state index in [4.69, 9.17) is 4.42 Å². The molecule has 0 fully saturated rings. The maximum absolute atomic E-state index is 10.1. The molecule has 0 amide bonds. The molecular weight excluding hydrogens is 146 g/mol. The summed E-state index contributed by atoms with van der Waals surface area (Å²) >= 11 is 0. The van der Waals surface area contributed by atoms with E-state index >= 15 is 0 Å². The van der Waals surface area contributed by atoms with Gasteiger partial charge in [-0.2, -0.15) is 0 Å². The molecular formula is C7H7NO3. The SMILES string of the molecule is C/C(=C/c1ccco1)[N+](=O)[O-]. The first kappa shape index (κ1) is 7.53. The molecule has 1 aromatic heterocycles. The van der Waals surface area contributed by atoms with Crippen molar-refractivity contribution in [2.45, 2.75) is 6.92 Å². The monoisotopic (exact) mass is 153 g/mol. The third kappa shape index (κ3) is 1.93. The van der Waals surface area contributed by atoms with E-state index in [0.717, 1.165) is 0 Å². The molecule has 0 spiro atoms. The van der Waals surface area contributed by atoms with E-state index in [1.807, 2.05) is 0 Å². The van der Waals surface area contributed by atoms with Crippen molar-refractivity contribution in [3.63, 3.8) is 0 Å². The molecule has 0 aliphatic carbocycles. The lowest BCUT2D eigenvalue weighted by Gasteiger charge is -1.86. The van der Waals surface area contributed by atoms with Crippen LogP contribution >= 0.6 is 0 Å². The lowest BCUT2D eigenvalue weighted by Crippen LogP contribution is -1.92. The van der Waals surface area contributed by atoms with E-state index in [1.54, 1.807) is 12.1 Å². The van der Waals surface area contributed by atoms with Crippen LogP contribution in [0, 0.1) is 10.1 Å². The van der Waals surface area contributed by atoms with Gasteiger partial charge in [0, 0.05) is 6.92 Å². The summed E-state index contributed by atoms with van der Waals surface area (Å²) in [5.41, 5.74) is 0.0694. The van der Waals surface area contributed by atoms with Crippen LogP contribution in [0.3, 0.4) is 0 Å². The van der Waals surface area contributed by atoms with E-state index in [-0.39, 0.29) is 5.70 Å². The highest BCUT2D eigenvalue weighted by molar-refractivity contribution is 5.43. The van der Waals surface area contributed by atoms with Crippen molar-refractivity contribution < 1.29 is 9.34 Å². The largest absolute Gasteiger partial charge is 0.465 e. The average Bonchev–Trinajstić information content (AvgIpc) is 2.39. The van der Waals surface area contributed by atoms with Gasteiger partial charge in [0.2, 0.25) is 5.70 Å². The molecule has 0 radical (unpaired) electrons. The van der Waals surface area contributed by atoms with Crippen molar-refractivity contribution >= 4 is 6.08 Å². The highest BCUT2D eigenvalue weighted by atomic mass is 16.6. The number of furan rings is 1. The summed E-state index contributed by atoms with van der Waals surface area (Å²) < 4.78 is 4.87. The van der Waals surface area contributed by atoms with E-state index in [1.165, 1.54) is 19.3 Å². The van der Waals surface area contributed by atoms with Crippen LogP contribution in [0.15, 0.2) is 28.5 Å². The molecule has 58 valence electrons. The summed E-state index contributed by atoms with van der Waals surface area (Å²) in [7, 11) is 0. The molecule has 0 atom stereocenters. The van der Waals surface area contributed by atoms with Gasteiger partial charge in [0.25, 0.3) is 0 Å². The summed E-state index contributed by atoms with van der Waals surface area (Å²) in [4.78, 5) is 9.67. The first-order valence-corrected chi connectivity index (χ1v) is 3.06. The van der Waals surface area contributed by atoms with Crippen LogP contribution in [0.2, 0.25) is 0 Å². The Balaban J connectivity index is 2.82. The van der Waals surface area contributed by atoms with E-state index in [9.17, 15) is 10.1 Å². The molecule has 0 aliphatic heterocycles. The van der Waals surface area contributed by atoms with Gasteiger partial charge in [-0.05, 0) is 12.1 Å². The van der Waals surface area contributed by atoms with Crippen LogP contribution in [0.25, 0.3) is 6.08 Å². The molecule has 11 heavy (non-hydrogen) atoms. The van der Waals surface area contributed by atoms with Crippen molar-refractivity contribution in [1.82, 2.24) is 0 Å². The maximum Gasteiger partial charge on any atom is 0.246 e. The summed E-state index contributed by atoms with van der Waals surface area (Å²) in [6.07, 6.45) is 2.85. The van der Waals surface area contributed by atoms with E-state index < -0.39 is 4.92 Å². The van der Waals surface area contributed by atoms with Gasteiger partial charge < -0.3 is 4.42 Å². The molecule has 1 rings (SSSR count). The highest BCUT2D eigenvalue weighted by Crippen LogP contribution is 2.06. The average molecular weight is 153 g/mol. The van der Waals surface area contributed by atoms with Gasteiger partial charge in [0.05, 0.1) is 17.3 Å². The van der Waals surface area contributed by atoms with E-state index in [2.05, 4.69) is 0 Å². The third-order valence-corrected chi connectivity index (χ3v) is 1.18. The Labute approximate surface area is 63.3 Å². The van der Waals surface area contributed by atoms with Crippen molar-refractivity contribution in [1.29, 1.82) is 0 Å². The molecule has 4 nitrogen and oxygen atoms in total. The fraction of sp³-hybridized carbons (Fsp3) is 0.143. The number of hydrogen-bond donors (Lipinski definition) is 0. The van der Waals surface area contributed by atoms with Gasteiger partial charge in [-0.3, -0.25) is 10.1 Å². The van der Waals surface area contributed by atoms with Crippen LogP contribution in [0.5, 0.6) is 0 Å². The Hall–Kier alpha value is -1.58. The van der Waals surface area contributed by atoms with Crippen LogP contribution < -0.4 is 0 Å². The van der Waals surface area contributed by atoms with Gasteiger partial charge in [0.15, 0.2) is 0 Å². The Morgan fingerprint density at radius 3 is 3.00 bits per heavy atom. The summed E-state index contributed by atoms with van der Waals surface area (Å²) in [5, 5.41) is 10.1. The summed E-state index contributed by atoms with van der Waals surface area (Å²) in [6, 6.07) is 3.34. The van der Waals surface area contributed by atoms with Crippen molar-refractivity contribution in [2.75, 3.05) is 0 Å². The van der Waals surface area contributed by atoms with Crippen LogP contribution in [-0.4, -0.2) is 4.92 Å². The number of allylic oxidation sites excluding steroid dienone is 1. The Bertz CT molecular complexity index is 274. The highest BCUT2D eigenvalue weighted by Gasteiger charge is 2.02. The predicted octanol–water partition coefficient (Wildman–Crippen LogP) is 1.92. The second-order valence-corrected chi connectivity index (χ2v) is 2.06. The summed E-state index contributed by atoms with van der Waals surface area (Å²) in [5.74, 6) is 0.499. The quantitative estimate of drug-likeness (QED) is 0.481. The van der Waals surface area contributed by atoms with Crippen molar-refractivity contribution in [2.24, 2.45) is 0 Å². The zero-order chi connectivity index (χ0) is 8.27. The Morgan fingerprint density at radius 1 is 1.82 bits per heavy atom. The van der Waals surface area contributed by atoms with Gasteiger partial charge >= 0.3 is 0 Å². The molecule has 0 aliphatic rings. The van der Waals surface area contributed by atoms with Gasteiger partial charge in [0.1, 0.15) is 5.76 Å². The Morgan fingerprint density at radius 2 is 2.55 bits per heavy atom. The number of rotatable bonds is 2. The molecule has 1 heterocycles. The standard InChI is InChI=1S/C7H7NO3/c1-6(8(9)10)5-7-3-2-4-11-7/h2-5H,1H3/b6-5-. The zero-order valence-electron chi connectivity index (χ0n) is 5.98.